The van der Waals surface area contributed by atoms with E-state index < -0.39 is 0 Å². The van der Waals surface area contributed by atoms with Gasteiger partial charge in [0.15, 0.2) is 0 Å². The number of rotatable bonds is 4. The van der Waals surface area contributed by atoms with Gasteiger partial charge in [-0.1, -0.05) is 0 Å². The van der Waals surface area contributed by atoms with E-state index in [9.17, 15) is 4.79 Å². The van der Waals surface area contributed by atoms with Crippen molar-refractivity contribution in [1.29, 1.82) is 0 Å². The number of anilines is 1. The first-order valence-corrected chi connectivity index (χ1v) is 10.5. The Morgan fingerprint density at radius 3 is 2.74 bits per heavy atom. The zero-order valence-electron chi connectivity index (χ0n) is 17.9. The Morgan fingerprint density at radius 2 is 1.97 bits per heavy atom. The van der Waals surface area contributed by atoms with Crippen LogP contribution < -0.4 is 15.2 Å². The van der Waals surface area contributed by atoms with Crippen LogP contribution in [0.15, 0.2) is 35.6 Å². The molecule has 4 heterocycles. The van der Waals surface area contributed by atoms with Crippen LogP contribution in [0.25, 0.3) is 16.7 Å². The lowest BCUT2D eigenvalue weighted by atomic mass is 9.96. The largest absolute Gasteiger partial charge is 0.497 e. The van der Waals surface area contributed by atoms with Crippen LogP contribution in [-0.4, -0.2) is 49.3 Å². The molecule has 0 saturated carbocycles. The van der Waals surface area contributed by atoms with E-state index in [2.05, 4.69) is 31.9 Å². The Bertz CT molecular complexity index is 1320. The van der Waals surface area contributed by atoms with Crippen LogP contribution in [0.3, 0.4) is 0 Å². The van der Waals surface area contributed by atoms with Gasteiger partial charge in [0.05, 0.1) is 24.3 Å². The second-order valence-corrected chi connectivity index (χ2v) is 8.13. The molecular formula is C22H25N7O2. The fraction of sp³-hybridized carbons (Fsp3) is 0.409. The van der Waals surface area contributed by atoms with Gasteiger partial charge >= 0.3 is 0 Å². The van der Waals surface area contributed by atoms with Gasteiger partial charge in [-0.2, -0.15) is 14.6 Å². The number of piperidine rings is 1. The van der Waals surface area contributed by atoms with Crippen molar-refractivity contribution in [2.24, 2.45) is 5.92 Å². The number of benzene rings is 1. The van der Waals surface area contributed by atoms with Crippen LogP contribution in [0.1, 0.15) is 24.1 Å². The summed E-state index contributed by atoms with van der Waals surface area (Å²) in [7, 11) is 1.61. The maximum Gasteiger partial charge on any atom is 0.261 e. The van der Waals surface area contributed by atoms with E-state index in [1.807, 2.05) is 11.4 Å². The van der Waals surface area contributed by atoms with Gasteiger partial charge in [-0.25, -0.2) is 9.97 Å². The lowest BCUT2D eigenvalue weighted by molar-refractivity contribution is 0.350. The monoisotopic (exact) mass is 419 g/mol. The van der Waals surface area contributed by atoms with Crippen LogP contribution in [0.2, 0.25) is 0 Å². The van der Waals surface area contributed by atoms with E-state index >= 15 is 0 Å². The number of fused-ring (bicyclic) bond motifs is 2. The highest BCUT2D eigenvalue weighted by molar-refractivity contribution is 5.78. The molecule has 1 aliphatic rings. The minimum atomic E-state index is 0.00000890. The third-order valence-electron chi connectivity index (χ3n) is 6.28. The molecule has 1 fully saturated rings. The van der Waals surface area contributed by atoms with Gasteiger partial charge in [-0.15, -0.1) is 0 Å². The molecule has 0 spiro atoms. The maximum atomic E-state index is 12.9. The van der Waals surface area contributed by atoms with Crippen LogP contribution in [0.4, 0.5) is 5.82 Å². The van der Waals surface area contributed by atoms with Crippen LogP contribution in [-0.2, 0) is 6.54 Å². The number of hydrogen-bond donors (Lipinski definition) is 0. The second kappa shape index (κ2) is 7.64. The molecule has 9 nitrogen and oxygen atoms in total. The topological polar surface area (TPSA) is 90.4 Å². The first kappa shape index (κ1) is 19.5. The molecule has 0 atom stereocenters. The van der Waals surface area contributed by atoms with Crippen molar-refractivity contribution < 1.29 is 4.74 Å². The molecule has 9 heteroatoms. The molecule has 0 aliphatic carbocycles. The third-order valence-corrected chi connectivity index (χ3v) is 6.28. The van der Waals surface area contributed by atoms with Crippen molar-refractivity contribution in [3.8, 4) is 5.75 Å². The number of aromatic nitrogens is 6. The van der Waals surface area contributed by atoms with Gasteiger partial charge in [0.2, 0.25) is 0 Å². The summed E-state index contributed by atoms with van der Waals surface area (Å²) in [6.45, 7) is 6.57. The summed E-state index contributed by atoms with van der Waals surface area (Å²) >= 11 is 0. The lowest BCUT2D eigenvalue weighted by Crippen LogP contribution is -2.38. The predicted molar refractivity (Wildman–Crippen MR) is 118 cm³/mol. The van der Waals surface area contributed by atoms with Gasteiger partial charge in [-0.3, -0.25) is 9.36 Å². The molecule has 1 aliphatic heterocycles. The molecule has 3 aromatic heterocycles. The van der Waals surface area contributed by atoms with E-state index in [4.69, 9.17) is 4.74 Å². The minimum absolute atomic E-state index is 0.00000890. The minimum Gasteiger partial charge on any atom is -0.497 e. The normalized spacial score (nSPS) is 15.1. The fourth-order valence-corrected chi connectivity index (χ4v) is 4.39. The van der Waals surface area contributed by atoms with Gasteiger partial charge in [0.1, 0.15) is 17.9 Å². The Morgan fingerprint density at radius 1 is 1.16 bits per heavy atom. The van der Waals surface area contributed by atoms with E-state index in [1.54, 1.807) is 42.5 Å². The SMILES string of the molecule is COc1ccc2c(=O)n(CC3CCN(c4c(C)c(C)nc5ncnn45)CC3)cnc2c1. The quantitative estimate of drug-likeness (QED) is 0.502. The second-order valence-electron chi connectivity index (χ2n) is 8.13. The number of aryl methyl sites for hydroxylation is 1. The highest BCUT2D eigenvalue weighted by Crippen LogP contribution is 2.28. The number of ether oxygens (including phenoxy) is 1. The summed E-state index contributed by atoms with van der Waals surface area (Å²) in [4.78, 5) is 28.5. The summed E-state index contributed by atoms with van der Waals surface area (Å²) in [5, 5.41) is 5.00. The van der Waals surface area contributed by atoms with Crippen molar-refractivity contribution in [2.75, 3.05) is 25.1 Å². The Labute approximate surface area is 179 Å². The number of methoxy groups -OCH3 is 1. The average Bonchev–Trinajstić information content (AvgIpc) is 3.24. The molecule has 4 aromatic rings. The molecule has 0 N–H and O–H groups in total. The van der Waals surface area contributed by atoms with Crippen molar-refractivity contribution in [2.45, 2.75) is 33.2 Å². The molecule has 0 bridgehead atoms. The highest BCUT2D eigenvalue weighted by Gasteiger charge is 2.24. The van der Waals surface area contributed by atoms with Crippen molar-refractivity contribution in [3.05, 3.63) is 52.5 Å². The molecule has 31 heavy (non-hydrogen) atoms. The molecule has 0 amide bonds. The zero-order valence-corrected chi connectivity index (χ0v) is 17.9. The lowest BCUT2D eigenvalue weighted by Gasteiger charge is -2.34. The van der Waals surface area contributed by atoms with E-state index in [0.29, 0.717) is 34.9 Å². The molecular weight excluding hydrogens is 394 g/mol. The van der Waals surface area contributed by atoms with Crippen molar-refractivity contribution in [1.82, 2.24) is 29.1 Å². The Balaban J connectivity index is 1.34. The number of hydrogen-bond acceptors (Lipinski definition) is 7. The molecule has 160 valence electrons. The molecule has 0 unspecified atom stereocenters. The standard InChI is InChI=1S/C22H25N7O2/c1-14-15(2)26-22-23-12-25-29(22)20(14)27-8-6-16(7-9-27)11-28-13-24-19-10-17(31-3)4-5-18(19)21(28)30/h4-5,10,12-13,16H,6-9,11H2,1-3H3. The predicted octanol–water partition coefficient (Wildman–Crippen LogP) is 2.38. The van der Waals surface area contributed by atoms with Gasteiger partial charge < -0.3 is 9.64 Å². The maximum absolute atomic E-state index is 12.9. The van der Waals surface area contributed by atoms with Crippen LogP contribution in [0, 0.1) is 19.8 Å². The summed E-state index contributed by atoms with van der Waals surface area (Å²) in [6.07, 6.45) is 5.19. The zero-order chi connectivity index (χ0) is 21.5. The van der Waals surface area contributed by atoms with Crippen molar-refractivity contribution >= 4 is 22.5 Å². The Hall–Kier alpha value is -3.49. The third kappa shape index (κ3) is 3.39. The van der Waals surface area contributed by atoms with Gasteiger partial charge in [0, 0.05) is 37.0 Å². The summed E-state index contributed by atoms with van der Waals surface area (Å²) in [5.41, 5.74) is 2.76. The van der Waals surface area contributed by atoms with Gasteiger partial charge in [-0.05, 0) is 44.7 Å². The number of nitrogens with zero attached hydrogens (tertiary/aromatic N) is 7. The summed E-state index contributed by atoms with van der Waals surface area (Å²) < 4.78 is 8.80. The van der Waals surface area contributed by atoms with Crippen LogP contribution in [0.5, 0.6) is 5.75 Å². The summed E-state index contributed by atoms with van der Waals surface area (Å²) in [5.74, 6) is 2.82. The van der Waals surface area contributed by atoms with E-state index in [0.717, 1.165) is 43.0 Å². The van der Waals surface area contributed by atoms with Gasteiger partial charge in [0.25, 0.3) is 11.3 Å². The van der Waals surface area contributed by atoms with Crippen molar-refractivity contribution in [3.63, 3.8) is 0 Å². The molecule has 0 radical (unpaired) electrons. The first-order chi connectivity index (χ1) is 15.0. The molecule has 5 rings (SSSR count). The van der Waals surface area contributed by atoms with Crippen LogP contribution >= 0.6 is 0 Å². The summed E-state index contributed by atoms with van der Waals surface area (Å²) in [6, 6.07) is 5.39. The fourth-order valence-electron chi connectivity index (χ4n) is 4.39. The molecule has 1 saturated heterocycles. The van der Waals surface area contributed by atoms with E-state index in [-0.39, 0.29) is 5.56 Å². The first-order valence-electron chi connectivity index (χ1n) is 10.5. The molecule has 1 aromatic carbocycles. The van der Waals surface area contributed by atoms with E-state index in [1.165, 1.54) is 0 Å². The average molecular weight is 419 g/mol. The Kier molecular flexibility index (Phi) is 4.80. The highest BCUT2D eigenvalue weighted by atomic mass is 16.5. The smallest absolute Gasteiger partial charge is 0.261 e.